The van der Waals surface area contributed by atoms with E-state index in [1.807, 2.05) is 0 Å². The molecule has 1 unspecified atom stereocenters. The van der Waals surface area contributed by atoms with Gasteiger partial charge in [0.25, 0.3) is 0 Å². The van der Waals surface area contributed by atoms with Gasteiger partial charge < -0.3 is 9.84 Å². The van der Waals surface area contributed by atoms with Gasteiger partial charge in [0.05, 0.1) is 12.1 Å². The molecule has 5 nitrogen and oxygen atoms in total. The summed E-state index contributed by atoms with van der Waals surface area (Å²) >= 11 is 1.34. The molecular formula is C11H15NO4S. The SMILES string of the molecule is CCOC(=O)C(CC)(Cc1cncs1)C(=O)O. The predicted octanol–water partition coefficient (Wildman–Crippen LogP) is 1.73. The van der Waals surface area contributed by atoms with Crippen LogP contribution in [0.5, 0.6) is 0 Å². The third kappa shape index (κ3) is 2.82. The Morgan fingerprint density at radius 2 is 2.24 bits per heavy atom. The quantitative estimate of drug-likeness (QED) is 0.620. The van der Waals surface area contributed by atoms with Gasteiger partial charge in [-0.25, -0.2) is 0 Å². The van der Waals surface area contributed by atoms with Crippen molar-refractivity contribution in [3.8, 4) is 0 Å². The van der Waals surface area contributed by atoms with Gasteiger partial charge in [-0.3, -0.25) is 14.6 Å². The van der Waals surface area contributed by atoms with Crippen molar-refractivity contribution in [3.63, 3.8) is 0 Å². The van der Waals surface area contributed by atoms with Crippen LogP contribution in [0.3, 0.4) is 0 Å². The van der Waals surface area contributed by atoms with Gasteiger partial charge in [-0.2, -0.15) is 0 Å². The monoisotopic (exact) mass is 257 g/mol. The third-order valence-electron chi connectivity index (χ3n) is 2.64. The molecule has 0 aliphatic carbocycles. The van der Waals surface area contributed by atoms with Crippen LogP contribution in [0.2, 0.25) is 0 Å². The van der Waals surface area contributed by atoms with Gasteiger partial charge in [0, 0.05) is 17.5 Å². The first kappa shape index (κ1) is 13.6. The fourth-order valence-corrected chi connectivity index (χ4v) is 2.26. The number of carbonyl (C=O) groups is 2. The van der Waals surface area contributed by atoms with Crippen LogP contribution < -0.4 is 0 Å². The molecule has 0 fully saturated rings. The van der Waals surface area contributed by atoms with Gasteiger partial charge in [0.1, 0.15) is 0 Å². The number of carboxylic acids is 1. The zero-order valence-electron chi connectivity index (χ0n) is 9.80. The van der Waals surface area contributed by atoms with E-state index in [1.54, 1.807) is 25.6 Å². The van der Waals surface area contributed by atoms with Crippen molar-refractivity contribution in [1.29, 1.82) is 0 Å². The number of esters is 1. The summed E-state index contributed by atoms with van der Waals surface area (Å²) in [5.74, 6) is -1.82. The van der Waals surface area contributed by atoms with Crippen molar-refractivity contribution in [2.24, 2.45) is 5.41 Å². The lowest BCUT2D eigenvalue weighted by atomic mass is 9.81. The van der Waals surface area contributed by atoms with E-state index >= 15 is 0 Å². The second-order valence-corrected chi connectivity index (χ2v) is 4.58. The highest BCUT2D eigenvalue weighted by molar-refractivity contribution is 7.09. The molecule has 0 aromatic carbocycles. The maximum atomic E-state index is 11.8. The number of hydrogen-bond acceptors (Lipinski definition) is 5. The number of rotatable bonds is 6. The molecule has 0 saturated carbocycles. The van der Waals surface area contributed by atoms with Crippen LogP contribution in [0.15, 0.2) is 11.7 Å². The molecule has 1 rings (SSSR count). The number of carbonyl (C=O) groups excluding carboxylic acids is 1. The molecule has 0 spiro atoms. The molecule has 94 valence electrons. The number of thiazole rings is 1. The minimum atomic E-state index is -1.50. The largest absolute Gasteiger partial charge is 0.480 e. The first-order valence-electron chi connectivity index (χ1n) is 5.34. The molecule has 0 bridgehead atoms. The Kier molecular flexibility index (Phi) is 4.62. The summed E-state index contributed by atoms with van der Waals surface area (Å²) in [7, 11) is 0. The minimum absolute atomic E-state index is 0.127. The molecule has 0 amide bonds. The fraction of sp³-hybridized carbons (Fsp3) is 0.545. The number of ether oxygens (including phenoxy) is 1. The summed E-state index contributed by atoms with van der Waals surface area (Å²) in [6.07, 6.45) is 1.90. The number of nitrogens with zero attached hydrogens (tertiary/aromatic N) is 1. The maximum absolute atomic E-state index is 11.8. The topological polar surface area (TPSA) is 76.5 Å². The summed E-state index contributed by atoms with van der Waals surface area (Å²) in [6, 6.07) is 0. The second-order valence-electron chi connectivity index (χ2n) is 3.61. The third-order valence-corrected chi connectivity index (χ3v) is 3.42. The lowest BCUT2D eigenvalue weighted by molar-refractivity contribution is -0.168. The van der Waals surface area contributed by atoms with E-state index in [4.69, 9.17) is 4.74 Å². The van der Waals surface area contributed by atoms with Crippen LogP contribution in [0.1, 0.15) is 25.1 Å². The Bertz CT molecular complexity index is 390. The lowest BCUT2D eigenvalue weighted by Gasteiger charge is -2.24. The fourth-order valence-electron chi connectivity index (χ4n) is 1.55. The zero-order valence-corrected chi connectivity index (χ0v) is 10.6. The Balaban J connectivity index is 3.00. The molecule has 1 heterocycles. The Morgan fingerprint density at radius 3 is 2.65 bits per heavy atom. The molecule has 1 aromatic rings. The van der Waals surface area contributed by atoms with E-state index in [0.29, 0.717) is 0 Å². The van der Waals surface area contributed by atoms with Gasteiger partial charge in [0.15, 0.2) is 5.41 Å². The smallest absolute Gasteiger partial charge is 0.323 e. The normalized spacial score (nSPS) is 14.0. The highest BCUT2D eigenvalue weighted by Crippen LogP contribution is 2.30. The first-order valence-corrected chi connectivity index (χ1v) is 6.22. The number of carboxylic acid groups (broad SMARTS) is 1. The number of aliphatic carboxylic acids is 1. The standard InChI is InChI=1S/C11H15NO4S/c1-3-11(9(13)14,10(15)16-4-2)5-8-6-12-7-17-8/h6-7H,3-5H2,1-2H3,(H,13,14). The Hall–Kier alpha value is -1.43. The Morgan fingerprint density at radius 1 is 1.53 bits per heavy atom. The van der Waals surface area contributed by atoms with E-state index in [-0.39, 0.29) is 19.4 Å². The zero-order chi connectivity index (χ0) is 12.9. The molecule has 6 heteroatoms. The average molecular weight is 257 g/mol. The van der Waals surface area contributed by atoms with Crippen LogP contribution in [0.25, 0.3) is 0 Å². The highest BCUT2D eigenvalue weighted by Gasteiger charge is 2.46. The van der Waals surface area contributed by atoms with Crippen LogP contribution in [-0.4, -0.2) is 28.6 Å². The maximum Gasteiger partial charge on any atom is 0.323 e. The van der Waals surface area contributed by atoms with E-state index in [0.717, 1.165) is 4.88 Å². The highest BCUT2D eigenvalue weighted by atomic mass is 32.1. The molecule has 0 aliphatic heterocycles. The van der Waals surface area contributed by atoms with Crippen molar-refractivity contribution in [2.75, 3.05) is 6.61 Å². The van der Waals surface area contributed by atoms with E-state index < -0.39 is 17.4 Å². The summed E-state index contributed by atoms with van der Waals surface area (Å²) < 4.78 is 4.87. The first-order chi connectivity index (χ1) is 8.06. The van der Waals surface area contributed by atoms with Gasteiger partial charge in [-0.1, -0.05) is 6.92 Å². The molecule has 0 saturated heterocycles. The van der Waals surface area contributed by atoms with Crippen molar-refractivity contribution in [1.82, 2.24) is 4.98 Å². The van der Waals surface area contributed by atoms with E-state index in [2.05, 4.69) is 4.98 Å². The molecule has 17 heavy (non-hydrogen) atoms. The van der Waals surface area contributed by atoms with E-state index in [1.165, 1.54) is 11.3 Å². The lowest BCUT2D eigenvalue weighted by Crippen LogP contribution is -2.42. The van der Waals surface area contributed by atoms with Crippen LogP contribution in [0, 0.1) is 5.41 Å². The summed E-state index contributed by atoms with van der Waals surface area (Å²) in [4.78, 5) is 27.9. The molecule has 1 aromatic heterocycles. The van der Waals surface area contributed by atoms with Crippen molar-refractivity contribution in [2.45, 2.75) is 26.7 Å². The molecule has 1 N–H and O–H groups in total. The second kappa shape index (κ2) is 5.77. The van der Waals surface area contributed by atoms with Gasteiger partial charge in [-0.15, -0.1) is 11.3 Å². The van der Waals surface area contributed by atoms with Gasteiger partial charge in [-0.05, 0) is 13.3 Å². The molecular weight excluding hydrogens is 242 g/mol. The van der Waals surface area contributed by atoms with Gasteiger partial charge >= 0.3 is 11.9 Å². The van der Waals surface area contributed by atoms with E-state index in [9.17, 15) is 14.7 Å². The summed E-state index contributed by atoms with van der Waals surface area (Å²) in [5, 5.41) is 9.30. The number of hydrogen-bond donors (Lipinski definition) is 1. The average Bonchev–Trinajstić information content (AvgIpc) is 2.78. The molecule has 1 atom stereocenters. The van der Waals surface area contributed by atoms with Crippen molar-refractivity contribution in [3.05, 3.63) is 16.6 Å². The van der Waals surface area contributed by atoms with Crippen LogP contribution in [0.4, 0.5) is 0 Å². The predicted molar refractivity (Wildman–Crippen MR) is 62.8 cm³/mol. The van der Waals surface area contributed by atoms with Crippen LogP contribution in [-0.2, 0) is 20.7 Å². The van der Waals surface area contributed by atoms with Gasteiger partial charge in [0.2, 0.25) is 0 Å². The molecule has 0 radical (unpaired) electrons. The Labute approximate surface area is 103 Å². The summed E-state index contributed by atoms with van der Waals surface area (Å²) in [5.41, 5.74) is 0.116. The summed E-state index contributed by atoms with van der Waals surface area (Å²) in [6.45, 7) is 3.51. The van der Waals surface area contributed by atoms with Crippen molar-refractivity contribution >= 4 is 23.3 Å². The van der Waals surface area contributed by atoms with Crippen molar-refractivity contribution < 1.29 is 19.4 Å². The minimum Gasteiger partial charge on any atom is -0.480 e. The molecule has 0 aliphatic rings. The van der Waals surface area contributed by atoms with Crippen LogP contribution >= 0.6 is 11.3 Å². The number of aromatic nitrogens is 1.